The van der Waals surface area contributed by atoms with Crippen LogP contribution in [0.4, 0.5) is 0 Å². The molecule has 0 amide bonds. The van der Waals surface area contributed by atoms with Gasteiger partial charge in [-0.05, 0) is 45.2 Å². The average molecular weight is 556 g/mol. The predicted molar refractivity (Wildman–Crippen MR) is 138 cm³/mol. The third kappa shape index (κ3) is 8.14. The second-order valence-corrected chi connectivity index (χ2v) is 7.85. The first kappa shape index (κ1) is 26.2. The van der Waals surface area contributed by atoms with Gasteiger partial charge in [-0.15, -0.1) is 34.2 Å². The molecule has 0 saturated carbocycles. The molecule has 8 nitrogen and oxygen atoms in total. The van der Waals surface area contributed by atoms with Gasteiger partial charge in [0.2, 0.25) is 0 Å². The van der Waals surface area contributed by atoms with Crippen LogP contribution in [0.1, 0.15) is 51.2 Å². The lowest BCUT2D eigenvalue weighted by molar-refractivity contribution is 0.229. The van der Waals surface area contributed by atoms with Crippen molar-refractivity contribution in [3.05, 3.63) is 35.9 Å². The molecule has 0 spiro atoms. The van der Waals surface area contributed by atoms with Crippen molar-refractivity contribution < 1.29 is 9.47 Å². The van der Waals surface area contributed by atoms with Crippen LogP contribution in [0.15, 0.2) is 29.3 Å². The Morgan fingerprint density at radius 1 is 1.19 bits per heavy atom. The lowest BCUT2D eigenvalue weighted by Crippen LogP contribution is -2.38. The van der Waals surface area contributed by atoms with Gasteiger partial charge in [0.05, 0.1) is 13.7 Å². The van der Waals surface area contributed by atoms with Crippen LogP contribution in [0.5, 0.6) is 11.5 Å². The fraction of sp³-hybridized carbons (Fsp3) is 0.609. The summed E-state index contributed by atoms with van der Waals surface area (Å²) in [7, 11) is 1.65. The largest absolute Gasteiger partial charge is 0.497 e. The van der Waals surface area contributed by atoms with Crippen molar-refractivity contribution in [2.45, 2.75) is 65.0 Å². The minimum Gasteiger partial charge on any atom is -0.497 e. The first-order chi connectivity index (χ1) is 15.2. The Bertz CT molecular complexity index is 842. The Balaban J connectivity index is 0.00000363. The van der Waals surface area contributed by atoms with Crippen molar-refractivity contribution in [3.8, 4) is 11.5 Å². The number of fused-ring (bicyclic) bond motifs is 1. The average Bonchev–Trinajstić information content (AvgIpc) is 3.00. The highest BCUT2D eigenvalue weighted by Gasteiger charge is 2.14. The van der Waals surface area contributed by atoms with Gasteiger partial charge < -0.3 is 24.7 Å². The number of nitrogens with zero attached hydrogens (tertiary/aromatic N) is 4. The topological polar surface area (TPSA) is 85.6 Å². The summed E-state index contributed by atoms with van der Waals surface area (Å²) in [4.78, 5) is 4.67. The number of guanidine groups is 1. The maximum atomic E-state index is 5.96. The molecule has 0 saturated heterocycles. The maximum absolute atomic E-state index is 5.96. The Hall–Kier alpha value is -2.04. The third-order valence-corrected chi connectivity index (χ3v) is 5.28. The van der Waals surface area contributed by atoms with Crippen LogP contribution in [0, 0.1) is 0 Å². The van der Waals surface area contributed by atoms with E-state index < -0.39 is 0 Å². The van der Waals surface area contributed by atoms with Gasteiger partial charge in [-0.2, -0.15) is 0 Å². The number of aliphatic imine (C=N–C) groups is 1. The highest BCUT2D eigenvalue weighted by Crippen LogP contribution is 2.20. The van der Waals surface area contributed by atoms with Gasteiger partial charge in [0.15, 0.2) is 5.96 Å². The summed E-state index contributed by atoms with van der Waals surface area (Å²) in [6.07, 6.45) is 6.65. The molecule has 0 bridgehead atoms. The molecule has 9 heteroatoms. The maximum Gasteiger partial charge on any atom is 0.191 e. The molecule has 2 N–H and O–H groups in total. The normalized spacial score (nSPS) is 14.5. The second-order valence-electron chi connectivity index (χ2n) is 7.85. The molecule has 2 heterocycles. The molecule has 32 heavy (non-hydrogen) atoms. The van der Waals surface area contributed by atoms with Crippen LogP contribution in [-0.2, 0) is 19.4 Å². The highest BCUT2D eigenvalue weighted by atomic mass is 127. The fourth-order valence-electron chi connectivity index (χ4n) is 3.69. The highest BCUT2D eigenvalue weighted by molar-refractivity contribution is 14.0. The van der Waals surface area contributed by atoms with E-state index in [2.05, 4.69) is 37.3 Å². The first-order valence-electron chi connectivity index (χ1n) is 11.4. The number of benzene rings is 1. The fourth-order valence-corrected chi connectivity index (χ4v) is 3.69. The van der Waals surface area contributed by atoms with E-state index in [0.717, 1.165) is 68.0 Å². The van der Waals surface area contributed by atoms with Crippen molar-refractivity contribution in [2.75, 3.05) is 26.7 Å². The van der Waals surface area contributed by atoms with Gasteiger partial charge in [0.25, 0.3) is 0 Å². The summed E-state index contributed by atoms with van der Waals surface area (Å²) < 4.78 is 13.5. The summed E-state index contributed by atoms with van der Waals surface area (Å²) in [5.74, 6) is 4.64. The lowest BCUT2D eigenvalue weighted by Gasteiger charge is -2.15. The predicted octanol–water partition coefficient (Wildman–Crippen LogP) is 3.59. The number of aryl methyl sites for hydroxylation is 2. The molecule has 0 radical (unpaired) electrons. The number of methoxy groups -OCH3 is 1. The molecule has 3 rings (SSSR count). The number of rotatable bonds is 10. The lowest BCUT2D eigenvalue weighted by atomic mass is 10.2. The molecule has 178 valence electrons. The monoisotopic (exact) mass is 556 g/mol. The van der Waals surface area contributed by atoms with Crippen LogP contribution in [0.3, 0.4) is 0 Å². The number of hydrogen-bond acceptors (Lipinski definition) is 5. The molecule has 1 atom stereocenters. The molecule has 2 aromatic rings. The molecule has 0 fully saturated rings. The molecule has 1 unspecified atom stereocenters. The minimum absolute atomic E-state index is 0. The van der Waals surface area contributed by atoms with Crippen LogP contribution in [-0.4, -0.2) is 53.6 Å². The summed E-state index contributed by atoms with van der Waals surface area (Å²) in [5, 5.41) is 15.5. The van der Waals surface area contributed by atoms with E-state index >= 15 is 0 Å². The van der Waals surface area contributed by atoms with Crippen molar-refractivity contribution in [3.63, 3.8) is 0 Å². The number of aromatic nitrogens is 3. The molecule has 0 aliphatic carbocycles. The van der Waals surface area contributed by atoms with Gasteiger partial charge in [0, 0.05) is 38.5 Å². The molecule has 1 aromatic heterocycles. The van der Waals surface area contributed by atoms with E-state index in [1.165, 1.54) is 19.3 Å². The van der Waals surface area contributed by atoms with E-state index in [1.807, 2.05) is 31.2 Å². The zero-order valence-electron chi connectivity index (χ0n) is 19.5. The number of halogens is 1. The molecule has 1 aliphatic heterocycles. The van der Waals surface area contributed by atoms with Crippen molar-refractivity contribution >= 4 is 29.9 Å². The molecule has 1 aliphatic rings. The first-order valence-corrected chi connectivity index (χ1v) is 11.4. The van der Waals surface area contributed by atoms with E-state index in [1.54, 1.807) is 7.11 Å². The summed E-state index contributed by atoms with van der Waals surface area (Å²) in [6, 6.07) is 7.63. The summed E-state index contributed by atoms with van der Waals surface area (Å²) >= 11 is 0. The van der Waals surface area contributed by atoms with Gasteiger partial charge >= 0.3 is 0 Å². The van der Waals surface area contributed by atoms with Crippen LogP contribution >= 0.6 is 24.0 Å². The van der Waals surface area contributed by atoms with E-state index in [-0.39, 0.29) is 30.1 Å². The van der Waals surface area contributed by atoms with Gasteiger partial charge in [-0.25, -0.2) is 4.99 Å². The SMILES string of the molecule is CCNC(=NCC(C)Oc1cccc(OC)c1)NCCCc1nnc2n1CCCCC2.I. The number of hydrogen-bond donors (Lipinski definition) is 2. The number of nitrogens with one attached hydrogen (secondary N) is 2. The van der Waals surface area contributed by atoms with Gasteiger partial charge in [-0.3, -0.25) is 0 Å². The molecular weight excluding hydrogens is 519 g/mol. The van der Waals surface area contributed by atoms with Gasteiger partial charge in [-0.1, -0.05) is 12.5 Å². The third-order valence-electron chi connectivity index (χ3n) is 5.28. The molecular formula is C23H37IN6O2. The second kappa shape index (κ2) is 14.2. The Kier molecular flexibility index (Phi) is 11.6. The van der Waals surface area contributed by atoms with Crippen LogP contribution in [0.2, 0.25) is 0 Å². The van der Waals surface area contributed by atoms with Crippen LogP contribution < -0.4 is 20.1 Å². The summed E-state index contributed by atoms with van der Waals surface area (Å²) in [6.45, 7) is 7.35. The molecule has 1 aromatic carbocycles. The Morgan fingerprint density at radius 3 is 2.84 bits per heavy atom. The zero-order chi connectivity index (χ0) is 21.9. The van der Waals surface area contributed by atoms with Crippen LogP contribution in [0.25, 0.3) is 0 Å². The van der Waals surface area contributed by atoms with Gasteiger partial charge in [0.1, 0.15) is 29.3 Å². The van der Waals surface area contributed by atoms with Crippen molar-refractivity contribution in [1.29, 1.82) is 0 Å². The van der Waals surface area contributed by atoms with Crippen molar-refractivity contribution in [2.24, 2.45) is 4.99 Å². The Labute approximate surface area is 208 Å². The van der Waals surface area contributed by atoms with E-state index in [4.69, 9.17) is 9.47 Å². The zero-order valence-corrected chi connectivity index (χ0v) is 21.8. The van der Waals surface area contributed by atoms with Crippen molar-refractivity contribution in [1.82, 2.24) is 25.4 Å². The standard InChI is InChI=1S/C23H36N6O2.HI/c1-4-24-23(26-17-18(2)31-20-11-8-10-19(16-20)30-3)25-14-9-13-22-28-27-21-12-6-5-7-15-29(21)22;/h8,10-11,16,18H,4-7,9,12-15,17H2,1-3H3,(H2,24,25,26);1H. The quantitative estimate of drug-likeness (QED) is 0.202. The number of ether oxygens (including phenoxy) is 2. The minimum atomic E-state index is -0.0472. The smallest absolute Gasteiger partial charge is 0.191 e. The van der Waals surface area contributed by atoms with E-state index in [0.29, 0.717) is 6.54 Å². The van der Waals surface area contributed by atoms with E-state index in [9.17, 15) is 0 Å². The Morgan fingerprint density at radius 2 is 2.03 bits per heavy atom. The summed E-state index contributed by atoms with van der Waals surface area (Å²) in [5.41, 5.74) is 0.